The van der Waals surface area contributed by atoms with E-state index in [1.807, 2.05) is 41.1 Å². The highest BCUT2D eigenvalue weighted by atomic mass is 32.1. The van der Waals surface area contributed by atoms with Crippen LogP contribution in [0, 0.1) is 0 Å². The number of amides is 3. The van der Waals surface area contributed by atoms with Gasteiger partial charge in [0.25, 0.3) is 5.91 Å². The van der Waals surface area contributed by atoms with E-state index in [1.54, 1.807) is 0 Å². The maximum Gasteiger partial charge on any atom is 0.325 e. The zero-order chi connectivity index (χ0) is 17.7. The van der Waals surface area contributed by atoms with Gasteiger partial charge in [0.05, 0.1) is 0 Å². The standard InChI is InChI=1S/C18H14N4O3S/c23-16-18(7-5-11-3-1-2-4-13(11)18)20-17(24)22(16)9-14-19-15(21-25-14)12-6-8-26-10-12/h1-4,6,8,10H,5,7,9H2,(H,20,24). The van der Waals surface area contributed by atoms with Gasteiger partial charge in [-0.05, 0) is 35.4 Å². The zero-order valence-corrected chi connectivity index (χ0v) is 14.5. The molecule has 1 aliphatic carbocycles. The van der Waals surface area contributed by atoms with Gasteiger partial charge in [0.2, 0.25) is 11.7 Å². The Morgan fingerprint density at radius 2 is 2.15 bits per heavy atom. The molecule has 1 aliphatic heterocycles. The Kier molecular flexibility index (Phi) is 3.23. The molecule has 3 heterocycles. The first kappa shape index (κ1) is 15.3. The number of nitrogens with one attached hydrogen (secondary N) is 1. The van der Waals surface area contributed by atoms with Crippen molar-refractivity contribution in [3.05, 3.63) is 58.1 Å². The molecule has 3 aromatic rings. The molecule has 1 fully saturated rings. The minimum atomic E-state index is -0.968. The van der Waals surface area contributed by atoms with E-state index >= 15 is 0 Å². The minimum absolute atomic E-state index is 0.0360. The topological polar surface area (TPSA) is 88.3 Å². The van der Waals surface area contributed by atoms with E-state index in [4.69, 9.17) is 4.52 Å². The number of benzene rings is 1. The molecule has 0 saturated carbocycles. The lowest BCUT2D eigenvalue weighted by atomic mass is 9.92. The first-order chi connectivity index (χ1) is 12.7. The van der Waals surface area contributed by atoms with Gasteiger partial charge in [-0.3, -0.25) is 9.69 Å². The van der Waals surface area contributed by atoms with Crippen LogP contribution in [-0.4, -0.2) is 27.0 Å². The van der Waals surface area contributed by atoms with E-state index in [0.29, 0.717) is 12.2 Å². The summed E-state index contributed by atoms with van der Waals surface area (Å²) in [4.78, 5) is 31.1. The summed E-state index contributed by atoms with van der Waals surface area (Å²) in [5.41, 5.74) is 1.86. The summed E-state index contributed by atoms with van der Waals surface area (Å²) in [6, 6.07) is 9.20. The van der Waals surface area contributed by atoms with Crippen LogP contribution in [0.15, 0.2) is 45.6 Å². The maximum absolute atomic E-state index is 13.1. The normalized spacial score (nSPS) is 21.5. The first-order valence-corrected chi connectivity index (χ1v) is 9.19. The monoisotopic (exact) mass is 366 g/mol. The Bertz CT molecular complexity index is 1010. The predicted molar refractivity (Wildman–Crippen MR) is 93.1 cm³/mol. The number of aromatic nitrogens is 2. The Hall–Kier alpha value is -3.00. The molecule has 1 aromatic carbocycles. The number of thiophene rings is 1. The lowest BCUT2D eigenvalue weighted by Gasteiger charge is -2.21. The zero-order valence-electron chi connectivity index (χ0n) is 13.6. The van der Waals surface area contributed by atoms with Gasteiger partial charge in [-0.25, -0.2) is 4.79 Å². The molecule has 26 heavy (non-hydrogen) atoms. The molecule has 5 rings (SSSR count). The number of hydrogen-bond donors (Lipinski definition) is 1. The molecule has 8 heteroatoms. The van der Waals surface area contributed by atoms with Crippen molar-refractivity contribution in [1.82, 2.24) is 20.4 Å². The average molecular weight is 366 g/mol. The van der Waals surface area contributed by atoms with Crippen molar-refractivity contribution in [3.8, 4) is 11.4 Å². The van der Waals surface area contributed by atoms with Crippen LogP contribution in [0.1, 0.15) is 23.4 Å². The summed E-state index contributed by atoms with van der Waals surface area (Å²) in [6.45, 7) is -0.0360. The van der Waals surface area contributed by atoms with Crippen molar-refractivity contribution in [1.29, 1.82) is 0 Å². The third-order valence-electron chi connectivity index (χ3n) is 4.96. The van der Waals surface area contributed by atoms with Crippen LogP contribution in [0.25, 0.3) is 11.4 Å². The molecule has 1 unspecified atom stereocenters. The van der Waals surface area contributed by atoms with Gasteiger partial charge in [-0.2, -0.15) is 16.3 Å². The smallest absolute Gasteiger partial charge is 0.325 e. The van der Waals surface area contributed by atoms with E-state index in [0.717, 1.165) is 28.0 Å². The molecule has 2 aliphatic rings. The second-order valence-electron chi connectivity index (χ2n) is 6.41. The van der Waals surface area contributed by atoms with Gasteiger partial charge in [-0.1, -0.05) is 29.4 Å². The Balaban J connectivity index is 1.43. The van der Waals surface area contributed by atoms with Gasteiger partial charge in [0, 0.05) is 10.9 Å². The number of nitrogens with zero attached hydrogens (tertiary/aromatic N) is 3. The molecule has 3 amide bonds. The van der Waals surface area contributed by atoms with E-state index in [-0.39, 0.29) is 18.3 Å². The molecular weight excluding hydrogens is 352 g/mol. The van der Waals surface area contributed by atoms with Crippen LogP contribution in [-0.2, 0) is 23.3 Å². The van der Waals surface area contributed by atoms with E-state index in [2.05, 4.69) is 15.5 Å². The quantitative estimate of drug-likeness (QED) is 0.720. The summed E-state index contributed by atoms with van der Waals surface area (Å²) in [7, 11) is 0. The summed E-state index contributed by atoms with van der Waals surface area (Å²) in [6.07, 6.45) is 1.33. The number of carbonyl (C=O) groups excluding carboxylic acids is 2. The second-order valence-corrected chi connectivity index (χ2v) is 7.19. The van der Waals surface area contributed by atoms with Crippen LogP contribution in [0.5, 0.6) is 0 Å². The first-order valence-electron chi connectivity index (χ1n) is 8.25. The summed E-state index contributed by atoms with van der Waals surface area (Å²) < 4.78 is 5.24. The fourth-order valence-corrected chi connectivity index (χ4v) is 4.33. The SMILES string of the molecule is O=C1NC2(CCc3ccccc32)C(=O)N1Cc1nc(-c2ccsc2)no1. The van der Waals surface area contributed by atoms with Crippen molar-refractivity contribution in [2.45, 2.75) is 24.9 Å². The lowest BCUT2D eigenvalue weighted by molar-refractivity contribution is -0.132. The maximum atomic E-state index is 13.1. The van der Waals surface area contributed by atoms with Crippen LogP contribution in [0.3, 0.4) is 0 Å². The van der Waals surface area contributed by atoms with Crippen molar-refractivity contribution in [2.24, 2.45) is 0 Å². The van der Waals surface area contributed by atoms with Gasteiger partial charge in [-0.15, -0.1) is 0 Å². The molecule has 130 valence electrons. The molecule has 1 atom stereocenters. The summed E-state index contributed by atoms with van der Waals surface area (Å²) >= 11 is 1.53. The molecule has 7 nitrogen and oxygen atoms in total. The predicted octanol–water partition coefficient (Wildman–Crippen LogP) is 2.69. The van der Waals surface area contributed by atoms with Crippen LogP contribution in [0.2, 0.25) is 0 Å². The number of aryl methyl sites for hydroxylation is 1. The van der Waals surface area contributed by atoms with Gasteiger partial charge < -0.3 is 9.84 Å². The number of hydrogen-bond acceptors (Lipinski definition) is 6. The fraction of sp³-hybridized carbons (Fsp3) is 0.222. The summed E-state index contributed by atoms with van der Waals surface area (Å²) in [5, 5.41) is 10.6. The van der Waals surface area contributed by atoms with Gasteiger partial charge in [0.15, 0.2) is 0 Å². The van der Waals surface area contributed by atoms with Crippen LogP contribution in [0.4, 0.5) is 4.79 Å². The highest BCUT2D eigenvalue weighted by molar-refractivity contribution is 7.08. The fourth-order valence-electron chi connectivity index (χ4n) is 3.70. The Morgan fingerprint density at radius 1 is 1.27 bits per heavy atom. The average Bonchev–Trinajstić information content (AvgIpc) is 3.41. The molecule has 0 radical (unpaired) electrons. The molecule has 1 spiro atoms. The van der Waals surface area contributed by atoms with E-state index in [9.17, 15) is 9.59 Å². The third kappa shape index (κ3) is 2.12. The molecule has 1 saturated heterocycles. The number of urea groups is 1. The molecule has 0 bridgehead atoms. The van der Waals surface area contributed by atoms with E-state index < -0.39 is 11.6 Å². The Morgan fingerprint density at radius 3 is 3.00 bits per heavy atom. The van der Waals surface area contributed by atoms with Crippen molar-refractivity contribution >= 4 is 23.3 Å². The summed E-state index contributed by atoms with van der Waals surface area (Å²) in [5.74, 6) is 0.426. The molecule has 2 aromatic heterocycles. The number of fused-ring (bicyclic) bond motifs is 2. The lowest BCUT2D eigenvalue weighted by Crippen LogP contribution is -2.41. The van der Waals surface area contributed by atoms with Crippen molar-refractivity contribution in [3.63, 3.8) is 0 Å². The van der Waals surface area contributed by atoms with Crippen LogP contribution < -0.4 is 5.32 Å². The third-order valence-corrected chi connectivity index (χ3v) is 5.65. The second kappa shape index (κ2) is 5.50. The van der Waals surface area contributed by atoms with Crippen molar-refractivity contribution in [2.75, 3.05) is 0 Å². The highest BCUT2D eigenvalue weighted by Crippen LogP contribution is 2.41. The van der Waals surface area contributed by atoms with Gasteiger partial charge >= 0.3 is 6.03 Å². The minimum Gasteiger partial charge on any atom is -0.337 e. The van der Waals surface area contributed by atoms with Gasteiger partial charge in [0.1, 0.15) is 12.1 Å². The highest BCUT2D eigenvalue weighted by Gasteiger charge is 2.55. The van der Waals surface area contributed by atoms with Crippen LogP contribution >= 0.6 is 11.3 Å². The molecular formula is C18H14N4O3S. The van der Waals surface area contributed by atoms with Crippen molar-refractivity contribution < 1.29 is 14.1 Å². The number of imide groups is 1. The number of carbonyl (C=O) groups is 2. The largest absolute Gasteiger partial charge is 0.337 e. The number of rotatable bonds is 3. The Labute approximate surface area is 152 Å². The van der Waals surface area contributed by atoms with E-state index in [1.165, 1.54) is 11.3 Å². The molecule has 1 N–H and O–H groups in total.